The zero-order valence-corrected chi connectivity index (χ0v) is 20.9. The average Bonchev–Trinajstić information content (AvgIpc) is 3.64. The van der Waals surface area contributed by atoms with Gasteiger partial charge in [-0.25, -0.2) is 10.1 Å². The van der Waals surface area contributed by atoms with Crippen LogP contribution in [0, 0.1) is 0 Å². The van der Waals surface area contributed by atoms with Crippen LogP contribution in [0.15, 0.2) is 50.6 Å². The minimum Gasteiger partial charge on any atom is -0.454 e. The van der Waals surface area contributed by atoms with E-state index in [0.29, 0.717) is 29.3 Å². The number of ether oxygens (including phenoxy) is 2. The number of carbonyl (C=O) groups excluding carboxylic acids is 1. The Kier molecular flexibility index (Phi) is 5.92. The van der Waals surface area contributed by atoms with Gasteiger partial charge in [0.2, 0.25) is 18.4 Å². The lowest BCUT2D eigenvalue weighted by atomic mass is 10.0. The third-order valence-corrected chi connectivity index (χ3v) is 6.77. The van der Waals surface area contributed by atoms with Crippen molar-refractivity contribution in [1.29, 1.82) is 0 Å². The maximum Gasteiger partial charge on any atom is 0.293 e. The number of rotatable bonds is 6. The average molecular weight is 566 g/mol. The number of hydrazone groups is 1. The van der Waals surface area contributed by atoms with Gasteiger partial charge in [0.15, 0.2) is 17.2 Å². The summed E-state index contributed by atoms with van der Waals surface area (Å²) in [6.07, 6.45) is 3.46. The highest BCUT2D eigenvalue weighted by Gasteiger charge is 2.27. The molecule has 2 aromatic heterocycles. The van der Waals surface area contributed by atoms with Gasteiger partial charge in [0.05, 0.1) is 18.5 Å². The number of para-hydroxylation sites is 1. The molecule has 0 atom stereocenters. The van der Waals surface area contributed by atoms with Crippen LogP contribution in [0.5, 0.6) is 11.5 Å². The number of nitrogen functional groups attached to an aromatic ring is 1. The Hall–Kier alpha value is -4.46. The standard InChI is InChI=1S/C23H20BrN9O4/c24-15-9-19-18(35-12-36-19)8-14(15)10-26-28-23(34)20-17(33(31-27-20)22-21(25)29-37-30-22)11-32-7-3-5-13-4-1-2-6-16(13)32/h1-2,4,6,8-10H,3,5,7,11-12H2,(H2,25,29)(H,28,34)/b26-10+. The van der Waals surface area contributed by atoms with Crippen molar-refractivity contribution in [3.63, 3.8) is 0 Å². The summed E-state index contributed by atoms with van der Waals surface area (Å²) >= 11 is 3.47. The molecule has 0 saturated heterocycles. The maximum absolute atomic E-state index is 13.2. The molecule has 4 aromatic rings. The van der Waals surface area contributed by atoms with Crippen molar-refractivity contribution in [1.82, 2.24) is 30.7 Å². The van der Waals surface area contributed by atoms with Crippen molar-refractivity contribution in [3.8, 4) is 17.3 Å². The molecule has 188 valence electrons. The summed E-state index contributed by atoms with van der Waals surface area (Å²) in [6.45, 7) is 1.28. The Morgan fingerprint density at radius 1 is 1.22 bits per heavy atom. The lowest BCUT2D eigenvalue weighted by molar-refractivity contribution is 0.0949. The molecule has 0 saturated carbocycles. The topological polar surface area (TPSA) is 159 Å². The molecule has 0 bridgehead atoms. The third kappa shape index (κ3) is 4.35. The molecule has 0 unspecified atom stereocenters. The monoisotopic (exact) mass is 565 g/mol. The van der Waals surface area contributed by atoms with Gasteiger partial charge in [0, 0.05) is 22.3 Å². The second kappa shape index (κ2) is 9.54. The molecule has 4 heterocycles. The molecule has 2 aliphatic heterocycles. The van der Waals surface area contributed by atoms with Crippen LogP contribution < -0.4 is 25.5 Å². The summed E-state index contributed by atoms with van der Waals surface area (Å²) in [5.41, 5.74) is 12.0. The highest BCUT2D eigenvalue weighted by Crippen LogP contribution is 2.36. The van der Waals surface area contributed by atoms with Crippen molar-refractivity contribution >= 4 is 39.6 Å². The van der Waals surface area contributed by atoms with Gasteiger partial charge in [-0.3, -0.25) is 4.79 Å². The fourth-order valence-electron chi connectivity index (χ4n) is 4.33. The molecule has 3 N–H and O–H groups in total. The van der Waals surface area contributed by atoms with Gasteiger partial charge in [-0.05, 0) is 62.8 Å². The van der Waals surface area contributed by atoms with E-state index in [4.69, 9.17) is 19.8 Å². The first kappa shape index (κ1) is 23.0. The number of benzene rings is 2. The normalized spacial score (nSPS) is 14.2. The van der Waals surface area contributed by atoms with E-state index in [0.717, 1.165) is 29.5 Å². The quantitative estimate of drug-likeness (QED) is 0.262. The molecule has 6 rings (SSSR count). The number of fused-ring (bicyclic) bond motifs is 2. The van der Waals surface area contributed by atoms with Gasteiger partial charge in [-0.1, -0.05) is 23.4 Å². The number of aryl methyl sites for hydroxylation is 1. The highest BCUT2D eigenvalue weighted by molar-refractivity contribution is 9.10. The number of hydrogen-bond acceptors (Lipinski definition) is 11. The molecule has 2 aliphatic rings. The molecule has 14 heteroatoms. The summed E-state index contributed by atoms with van der Waals surface area (Å²) in [5.74, 6) is 0.870. The van der Waals surface area contributed by atoms with Crippen LogP contribution >= 0.6 is 15.9 Å². The Morgan fingerprint density at radius 2 is 2.05 bits per heavy atom. The minimum atomic E-state index is -0.547. The fraction of sp³-hybridized carbons (Fsp3) is 0.217. The number of halogens is 1. The van der Waals surface area contributed by atoms with Gasteiger partial charge in [-0.2, -0.15) is 9.78 Å². The molecule has 0 radical (unpaired) electrons. The lowest BCUT2D eigenvalue weighted by Gasteiger charge is -2.31. The van der Waals surface area contributed by atoms with E-state index in [-0.39, 0.29) is 24.1 Å². The zero-order valence-electron chi connectivity index (χ0n) is 19.3. The van der Waals surface area contributed by atoms with Gasteiger partial charge in [-0.15, -0.1) is 5.10 Å². The number of amides is 1. The van der Waals surface area contributed by atoms with Crippen molar-refractivity contribution in [3.05, 3.63) is 63.4 Å². The molecule has 1 amide bonds. The van der Waals surface area contributed by atoms with Crippen LogP contribution in [0.3, 0.4) is 0 Å². The number of aromatic nitrogens is 5. The van der Waals surface area contributed by atoms with Crippen molar-refractivity contribution in [2.24, 2.45) is 5.10 Å². The lowest BCUT2D eigenvalue weighted by Crippen LogP contribution is -2.31. The minimum absolute atomic E-state index is 0.0304. The zero-order chi connectivity index (χ0) is 25.4. The number of carbonyl (C=O) groups is 1. The number of nitrogens with two attached hydrogens (primary N) is 1. The Morgan fingerprint density at radius 3 is 2.89 bits per heavy atom. The van der Waals surface area contributed by atoms with Crippen molar-refractivity contribution in [2.45, 2.75) is 19.4 Å². The van der Waals surface area contributed by atoms with E-state index >= 15 is 0 Å². The van der Waals surface area contributed by atoms with Crippen LogP contribution in [-0.4, -0.2) is 50.8 Å². The Labute approximate surface area is 218 Å². The van der Waals surface area contributed by atoms with E-state index in [1.807, 2.05) is 12.1 Å². The van der Waals surface area contributed by atoms with Gasteiger partial charge in [0.1, 0.15) is 0 Å². The Balaban J connectivity index is 1.29. The van der Waals surface area contributed by atoms with Crippen LogP contribution in [0.25, 0.3) is 5.82 Å². The van der Waals surface area contributed by atoms with Crippen molar-refractivity contribution in [2.75, 3.05) is 24.0 Å². The summed E-state index contributed by atoms with van der Waals surface area (Å²) < 4.78 is 17.6. The van der Waals surface area contributed by atoms with Gasteiger partial charge >= 0.3 is 0 Å². The number of nitrogens with zero attached hydrogens (tertiary/aromatic N) is 7. The predicted octanol–water partition coefficient (Wildman–Crippen LogP) is 2.44. The number of nitrogens with one attached hydrogen (secondary N) is 1. The van der Waals surface area contributed by atoms with Crippen LogP contribution in [-0.2, 0) is 13.0 Å². The predicted molar refractivity (Wildman–Crippen MR) is 135 cm³/mol. The second-order valence-electron chi connectivity index (χ2n) is 8.35. The van der Waals surface area contributed by atoms with E-state index in [2.05, 4.69) is 64.1 Å². The fourth-order valence-corrected chi connectivity index (χ4v) is 4.75. The van der Waals surface area contributed by atoms with E-state index in [1.54, 1.807) is 12.1 Å². The summed E-state index contributed by atoms with van der Waals surface area (Å²) in [5, 5.41) is 19.8. The first-order valence-corrected chi connectivity index (χ1v) is 12.2. The molecule has 0 fully saturated rings. The van der Waals surface area contributed by atoms with E-state index in [9.17, 15) is 4.79 Å². The Bertz CT molecular complexity index is 1520. The molecule has 13 nitrogen and oxygen atoms in total. The summed E-state index contributed by atoms with van der Waals surface area (Å²) in [4.78, 5) is 15.3. The smallest absolute Gasteiger partial charge is 0.293 e. The summed E-state index contributed by atoms with van der Waals surface area (Å²) in [7, 11) is 0. The largest absolute Gasteiger partial charge is 0.454 e. The molecular weight excluding hydrogens is 546 g/mol. The number of anilines is 2. The van der Waals surface area contributed by atoms with E-state index in [1.165, 1.54) is 16.5 Å². The maximum atomic E-state index is 13.2. The summed E-state index contributed by atoms with van der Waals surface area (Å²) in [6, 6.07) is 11.7. The first-order chi connectivity index (χ1) is 18.1. The third-order valence-electron chi connectivity index (χ3n) is 6.08. The van der Waals surface area contributed by atoms with E-state index < -0.39 is 5.91 Å². The molecule has 0 spiro atoms. The molecule has 37 heavy (non-hydrogen) atoms. The van der Waals surface area contributed by atoms with Gasteiger partial charge in [0.25, 0.3) is 5.91 Å². The van der Waals surface area contributed by atoms with Crippen molar-refractivity contribution < 1.29 is 18.9 Å². The SMILES string of the molecule is Nc1nonc1-n1nnc(C(=O)N/N=C/c2cc3c(cc2Br)OCO3)c1CN1CCCc2ccccc21. The molecule has 0 aliphatic carbocycles. The second-order valence-corrected chi connectivity index (χ2v) is 9.20. The van der Waals surface area contributed by atoms with Crippen LogP contribution in [0.4, 0.5) is 11.5 Å². The number of hydrogen-bond donors (Lipinski definition) is 2. The van der Waals surface area contributed by atoms with Crippen LogP contribution in [0.1, 0.15) is 33.7 Å². The molecular formula is C23H20BrN9O4. The van der Waals surface area contributed by atoms with Crippen LogP contribution in [0.2, 0.25) is 0 Å². The van der Waals surface area contributed by atoms with Gasteiger partial charge < -0.3 is 20.1 Å². The first-order valence-electron chi connectivity index (χ1n) is 11.4. The highest BCUT2D eigenvalue weighted by atomic mass is 79.9. The molecule has 2 aromatic carbocycles.